The SMILES string of the molecule is CC1(C(=O)NC2Cc3ccccc3C2)CCCNC1. The van der Waals surface area contributed by atoms with E-state index < -0.39 is 0 Å². The first-order valence-corrected chi connectivity index (χ1v) is 7.26. The monoisotopic (exact) mass is 258 g/mol. The van der Waals surface area contributed by atoms with Gasteiger partial charge in [-0.05, 0) is 50.3 Å². The summed E-state index contributed by atoms with van der Waals surface area (Å²) in [6.45, 7) is 3.92. The van der Waals surface area contributed by atoms with Crippen LogP contribution in [0.5, 0.6) is 0 Å². The first-order chi connectivity index (χ1) is 9.17. The fraction of sp³-hybridized carbons (Fsp3) is 0.562. The van der Waals surface area contributed by atoms with Crippen LogP contribution in [-0.4, -0.2) is 25.0 Å². The van der Waals surface area contributed by atoms with Crippen LogP contribution in [0.3, 0.4) is 0 Å². The van der Waals surface area contributed by atoms with E-state index in [0.717, 1.165) is 38.8 Å². The molecular formula is C16H22N2O. The molecule has 1 amide bonds. The second-order valence-electron chi connectivity index (χ2n) is 6.19. The minimum absolute atomic E-state index is 0.220. The van der Waals surface area contributed by atoms with Crippen molar-refractivity contribution < 1.29 is 4.79 Å². The number of hydrogen-bond donors (Lipinski definition) is 2. The highest BCUT2D eigenvalue weighted by atomic mass is 16.2. The maximum absolute atomic E-state index is 12.5. The molecule has 0 saturated carbocycles. The van der Waals surface area contributed by atoms with Crippen molar-refractivity contribution in [2.24, 2.45) is 5.41 Å². The number of amides is 1. The van der Waals surface area contributed by atoms with Gasteiger partial charge in [0, 0.05) is 12.6 Å². The van der Waals surface area contributed by atoms with E-state index in [0.29, 0.717) is 0 Å². The van der Waals surface area contributed by atoms with Crippen molar-refractivity contribution in [3.8, 4) is 0 Å². The zero-order valence-electron chi connectivity index (χ0n) is 11.5. The molecule has 1 aromatic carbocycles. The van der Waals surface area contributed by atoms with Gasteiger partial charge >= 0.3 is 0 Å². The summed E-state index contributed by atoms with van der Waals surface area (Å²) in [6.07, 6.45) is 4.04. The zero-order valence-corrected chi connectivity index (χ0v) is 11.5. The molecule has 1 heterocycles. The minimum Gasteiger partial charge on any atom is -0.352 e. The lowest BCUT2D eigenvalue weighted by molar-refractivity contribution is -0.131. The molecule has 1 aliphatic heterocycles. The maximum atomic E-state index is 12.5. The lowest BCUT2D eigenvalue weighted by atomic mass is 9.81. The standard InChI is InChI=1S/C16H22N2O/c1-16(7-4-8-17-11-16)15(19)18-14-9-12-5-2-3-6-13(12)10-14/h2-3,5-6,14,17H,4,7-11H2,1H3,(H,18,19). The van der Waals surface area contributed by atoms with E-state index in [2.05, 4.69) is 41.8 Å². The van der Waals surface area contributed by atoms with E-state index in [4.69, 9.17) is 0 Å². The van der Waals surface area contributed by atoms with E-state index in [-0.39, 0.29) is 17.4 Å². The third-order valence-electron chi connectivity index (χ3n) is 4.53. The van der Waals surface area contributed by atoms with Crippen LogP contribution in [0.2, 0.25) is 0 Å². The second kappa shape index (κ2) is 4.97. The van der Waals surface area contributed by atoms with Crippen molar-refractivity contribution in [3.63, 3.8) is 0 Å². The summed E-state index contributed by atoms with van der Waals surface area (Å²) in [5.41, 5.74) is 2.55. The van der Waals surface area contributed by atoms with Crippen molar-refractivity contribution >= 4 is 5.91 Å². The molecule has 0 bridgehead atoms. The highest BCUT2D eigenvalue weighted by molar-refractivity contribution is 5.83. The Hall–Kier alpha value is -1.35. The van der Waals surface area contributed by atoms with Crippen LogP contribution >= 0.6 is 0 Å². The molecule has 0 aromatic heterocycles. The highest BCUT2D eigenvalue weighted by Crippen LogP contribution is 2.27. The fourth-order valence-corrected chi connectivity index (χ4v) is 3.27. The number of carbonyl (C=O) groups is 1. The van der Waals surface area contributed by atoms with Gasteiger partial charge in [-0.3, -0.25) is 4.79 Å². The summed E-state index contributed by atoms with van der Waals surface area (Å²) >= 11 is 0. The van der Waals surface area contributed by atoms with Crippen molar-refractivity contribution in [1.29, 1.82) is 0 Å². The normalized spacial score (nSPS) is 27.0. The van der Waals surface area contributed by atoms with E-state index in [1.807, 2.05) is 0 Å². The number of nitrogens with one attached hydrogen (secondary N) is 2. The van der Waals surface area contributed by atoms with Crippen LogP contribution in [0.25, 0.3) is 0 Å². The number of carbonyl (C=O) groups excluding carboxylic acids is 1. The largest absolute Gasteiger partial charge is 0.352 e. The Morgan fingerprint density at radius 1 is 1.32 bits per heavy atom. The second-order valence-corrected chi connectivity index (χ2v) is 6.19. The molecule has 1 aliphatic carbocycles. The minimum atomic E-state index is -0.229. The molecule has 0 spiro atoms. The number of fused-ring (bicyclic) bond motifs is 1. The molecule has 0 radical (unpaired) electrons. The third-order valence-corrected chi connectivity index (χ3v) is 4.53. The van der Waals surface area contributed by atoms with Crippen LogP contribution in [0, 0.1) is 5.41 Å². The molecular weight excluding hydrogens is 236 g/mol. The predicted octanol–water partition coefficient (Wildman–Crippen LogP) is 1.66. The van der Waals surface area contributed by atoms with Gasteiger partial charge in [0.15, 0.2) is 0 Å². The highest BCUT2D eigenvalue weighted by Gasteiger charge is 2.36. The molecule has 3 heteroatoms. The molecule has 2 N–H and O–H groups in total. The maximum Gasteiger partial charge on any atom is 0.227 e. The van der Waals surface area contributed by atoms with Crippen molar-refractivity contribution in [2.45, 2.75) is 38.6 Å². The van der Waals surface area contributed by atoms with Gasteiger partial charge in [0.05, 0.1) is 5.41 Å². The van der Waals surface area contributed by atoms with Gasteiger partial charge in [0.25, 0.3) is 0 Å². The van der Waals surface area contributed by atoms with Gasteiger partial charge in [0.2, 0.25) is 5.91 Å². The molecule has 3 nitrogen and oxygen atoms in total. The summed E-state index contributed by atoms with van der Waals surface area (Å²) in [6, 6.07) is 8.78. The van der Waals surface area contributed by atoms with Crippen LogP contribution in [0.1, 0.15) is 30.9 Å². The summed E-state index contributed by atoms with van der Waals surface area (Å²) < 4.78 is 0. The fourth-order valence-electron chi connectivity index (χ4n) is 3.27. The van der Waals surface area contributed by atoms with Crippen LogP contribution < -0.4 is 10.6 Å². The third kappa shape index (κ3) is 2.52. The van der Waals surface area contributed by atoms with Gasteiger partial charge < -0.3 is 10.6 Å². The number of piperidine rings is 1. The van der Waals surface area contributed by atoms with Crippen molar-refractivity contribution in [1.82, 2.24) is 10.6 Å². The average Bonchev–Trinajstić information content (AvgIpc) is 2.81. The predicted molar refractivity (Wildman–Crippen MR) is 76.0 cm³/mol. The molecule has 1 saturated heterocycles. The quantitative estimate of drug-likeness (QED) is 0.847. The molecule has 19 heavy (non-hydrogen) atoms. The Morgan fingerprint density at radius 3 is 2.58 bits per heavy atom. The summed E-state index contributed by atoms with van der Waals surface area (Å²) in [5.74, 6) is 0.220. The van der Waals surface area contributed by atoms with E-state index >= 15 is 0 Å². The van der Waals surface area contributed by atoms with Crippen molar-refractivity contribution in [3.05, 3.63) is 35.4 Å². The molecule has 2 aliphatic rings. The van der Waals surface area contributed by atoms with Gasteiger partial charge in [-0.15, -0.1) is 0 Å². The Kier molecular flexibility index (Phi) is 3.31. The van der Waals surface area contributed by atoms with Crippen LogP contribution in [0.15, 0.2) is 24.3 Å². The molecule has 1 aromatic rings. The smallest absolute Gasteiger partial charge is 0.227 e. The lowest BCUT2D eigenvalue weighted by Gasteiger charge is -2.33. The summed E-state index contributed by atoms with van der Waals surface area (Å²) in [5, 5.41) is 6.59. The topological polar surface area (TPSA) is 41.1 Å². The van der Waals surface area contributed by atoms with Gasteiger partial charge in [-0.1, -0.05) is 24.3 Å². The molecule has 3 rings (SSSR count). The lowest BCUT2D eigenvalue weighted by Crippen LogP contribution is -2.51. The zero-order chi connectivity index (χ0) is 13.3. The number of benzene rings is 1. The number of rotatable bonds is 2. The van der Waals surface area contributed by atoms with Crippen LogP contribution in [-0.2, 0) is 17.6 Å². The first-order valence-electron chi connectivity index (χ1n) is 7.26. The first kappa shape index (κ1) is 12.7. The Bertz CT molecular complexity index is 452. The van der Waals surface area contributed by atoms with Gasteiger partial charge in [-0.2, -0.15) is 0 Å². The number of hydrogen-bond acceptors (Lipinski definition) is 2. The van der Waals surface area contributed by atoms with Gasteiger partial charge in [0.1, 0.15) is 0 Å². The molecule has 102 valence electrons. The van der Waals surface area contributed by atoms with E-state index in [9.17, 15) is 4.79 Å². The Balaban J connectivity index is 1.63. The van der Waals surface area contributed by atoms with Crippen molar-refractivity contribution in [2.75, 3.05) is 13.1 Å². The average molecular weight is 258 g/mol. The Labute approximate surface area is 114 Å². The Morgan fingerprint density at radius 2 is 2.00 bits per heavy atom. The molecule has 1 atom stereocenters. The van der Waals surface area contributed by atoms with E-state index in [1.54, 1.807) is 0 Å². The molecule has 1 unspecified atom stereocenters. The van der Waals surface area contributed by atoms with E-state index in [1.165, 1.54) is 11.1 Å². The summed E-state index contributed by atoms with van der Waals surface area (Å²) in [4.78, 5) is 12.5. The van der Waals surface area contributed by atoms with Gasteiger partial charge in [-0.25, -0.2) is 0 Å². The molecule has 1 fully saturated rings. The summed E-state index contributed by atoms with van der Waals surface area (Å²) in [7, 11) is 0. The van der Waals surface area contributed by atoms with Crippen LogP contribution in [0.4, 0.5) is 0 Å².